The van der Waals surface area contributed by atoms with E-state index >= 15 is 0 Å². The van der Waals surface area contributed by atoms with Gasteiger partial charge in [0.15, 0.2) is 0 Å². The van der Waals surface area contributed by atoms with E-state index in [1.165, 1.54) is 12.1 Å². The third-order valence-corrected chi connectivity index (χ3v) is 6.50. The van der Waals surface area contributed by atoms with Crippen LogP contribution in [0.25, 0.3) is 0 Å². The van der Waals surface area contributed by atoms with Crippen LogP contribution < -0.4 is 10.3 Å². The van der Waals surface area contributed by atoms with Crippen molar-refractivity contribution in [1.29, 1.82) is 0 Å². The van der Waals surface area contributed by atoms with Crippen molar-refractivity contribution < 1.29 is 21.6 Å². The van der Waals surface area contributed by atoms with Gasteiger partial charge in [-0.2, -0.15) is 16.9 Å². The molecule has 1 aliphatic rings. The normalized spacial score (nSPS) is 22.5. The van der Waals surface area contributed by atoms with Crippen LogP contribution in [0.2, 0.25) is 0 Å². The number of rotatable bonds is 5. The summed E-state index contributed by atoms with van der Waals surface area (Å²) in [5, 5.41) is -0.288. The molecular formula is C13H19N3O5S3. The average Bonchev–Trinajstić information content (AvgIpc) is 2.87. The number of hydrogen-bond donors (Lipinski definition) is 3. The fourth-order valence-electron chi connectivity index (χ4n) is 2.37. The molecule has 0 saturated carbocycles. The number of carbonyl (C=O) groups excluding carboxylic acids is 1. The minimum absolute atomic E-state index is 0.00753. The highest BCUT2D eigenvalue weighted by molar-refractivity contribution is 7.89. The van der Waals surface area contributed by atoms with Crippen LogP contribution in [0.3, 0.4) is 0 Å². The number of amides is 1. The Hall–Kier alpha value is -1.14. The molecule has 1 aromatic carbocycles. The van der Waals surface area contributed by atoms with Gasteiger partial charge in [-0.15, -0.1) is 4.83 Å². The van der Waals surface area contributed by atoms with Crippen molar-refractivity contribution in [3.8, 4) is 0 Å². The lowest BCUT2D eigenvalue weighted by atomic mass is 10.2. The van der Waals surface area contributed by atoms with Gasteiger partial charge in [0.2, 0.25) is 10.0 Å². The summed E-state index contributed by atoms with van der Waals surface area (Å²) in [5.74, 6) is -0.743. The molecule has 2 N–H and O–H groups in total. The fourth-order valence-corrected chi connectivity index (χ4v) is 4.79. The Morgan fingerprint density at radius 3 is 2.33 bits per heavy atom. The zero-order valence-electron chi connectivity index (χ0n) is 13.1. The molecule has 134 valence electrons. The molecule has 0 aromatic heterocycles. The first kappa shape index (κ1) is 19.2. The minimum Gasteiger partial charge on any atom is -0.276 e. The monoisotopic (exact) mass is 393 g/mol. The Morgan fingerprint density at radius 1 is 1.21 bits per heavy atom. The van der Waals surface area contributed by atoms with E-state index in [9.17, 15) is 21.6 Å². The van der Waals surface area contributed by atoms with Crippen LogP contribution in [0.15, 0.2) is 29.2 Å². The molecular weight excluding hydrogens is 374 g/mol. The van der Waals surface area contributed by atoms with Crippen molar-refractivity contribution >= 4 is 38.6 Å². The lowest BCUT2D eigenvalue weighted by Crippen LogP contribution is -2.51. The van der Waals surface area contributed by atoms with Gasteiger partial charge < -0.3 is 0 Å². The van der Waals surface area contributed by atoms with E-state index in [0.29, 0.717) is 0 Å². The van der Waals surface area contributed by atoms with Crippen molar-refractivity contribution in [3.63, 3.8) is 0 Å². The minimum atomic E-state index is -3.94. The molecule has 0 bridgehead atoms. The summed E-state index contributed by atoms with van der Waals surface area (Å²) in [4.78, 5) is 14.2. The first-order valence-electron chi connectivity index (χ1n) is 7.04. The van der Waals surface area contributed by atoms with Gasteiger partial charge in [-0.1, -0.05) is 17.7 Å². The van der Waals surface area contributed by atoms with Crippen LogP contribution in [-0.2, 0) is 24.8 Å². The van der Waals surface area contributed by atoms with Crippen LogP contribution in [-0.4, -0.2) is 51.1 Å². The van der Waals surface area contributed by atoms with Crippen LogP contribution in [0, 0.1) is 6.92 Å². The van der Waals surface area contributed by atoms with Gasteiger partial charge in [-0.05, 0) is 25.5 Å². The van der Waals surface area contributed by atoms with Crippen molar-refractivity contribution in [1.82, 2.24) is 14.6 Å². The molecule has 0 spiro atoms. The predicted octanol–water partition coefficient (Wildman–Crippen LogP) is -0.363. The molecule has 1 aliphatic heterocycles. The summed E-state index contributed by atoms with van der Waals surface area (Å²) in [5.41, 5.74) is 2.98. The molecule has 24 heavy (non-hydrogen) atoms. The maximum absolute atomic E-state index is 12.2. The molecule has 2 atom stereocenters. The predicted molar refractivity (Wildman–Crippen MR) is 92.4 cm³/mol. The van der Waals surface area contributed by atoms with E-state index in [0.717, 1.165) is 16.1 Å². The number of nitrogens with zero attached hydrogens (tertiary/aromatic N) is 1. The number of hydrogen-bond acceptors (Lipinski definition) is 6. The van der Waals surface area contributed by atoms with E-state index in [-0.39, 0.29) is 23.1 Å². The molecule has 1 amide bonds. The van der Waals surface area contributed by atoms with Gasteiger partial charge in [0, 0.05) is 11.8 Å². The first-order chi connectivity index (χ1) is 11.0. The van der Waals surface area contributed by atoms with Gasteiger partial charge in [0.1, 0.15) is 6.04 Å². The summed E-state index contributed by atoms with van der Waals surface area (Å²) < 4.78 is 48.7. The second kappa shape index (κ2) is 7.00. The van der Waals surface area contributed by atoms with E-state index in [2.05, 4.69) is 18.1 Å². The average molecular weight is 394 g/mol. The number of thiol groups is 1. The molecule has 0 aliphatic carbocycles. The number of benzene rings is 1. The first-order valence-corrected chi connectivity index (χ1v) is 10.9. The Kier molecular flexibility index (Phi) is 5.60. The number of hydrazine groups is 1. The molecule has 8 nitrogen and oxygen atoms in total. The Balaban J connectivity index is 2.08. The summed E-state index contributed by atoms with van der Waals surface area (Å²) in [6, 6.07) is 5.08. The lowest BCUT2D eigenvalue weighted by Gasteiger charge is -2.21. The second-order valence-electron chi connectivity index (χ2n) is 5.65. The smallest absolute Gasteiger partial charge is 0.257 e. The van der Waals surface area contributed by atoms with E-state index in [1.807, 2.05) is 11.8 Å². The summed E-state index contributed by atoms with van der Waals surface area (Å²) >= 11 is 4.20. The van der Waals surface area contributed by atoms with E-state index < -0.39 is 32.0 Å². The van der Waals surface area contributed by atoms with Gasteiger partial charge in [-0.3, -0.25) is 10.2 Å². The van der Waals surface area contributed by atoms with Crippen LogP contribution in [0.5, 0.6) is 0 Å². The Morgan fingerprint density at radius 2 is 1.79 bits per heavy atom. The highest BCUT2D eigenvalue weighted by Crippen LogP contribution is 2.24. The van der Waals surface area contributed by atoms with Crippen molar-refractivity contribution in [2.75, 3.05) is 12.8 Å². The number of sulfonamides is 2. The van der Waals surface area contributed by atoms with Crippen LogP contribution >= 0.6 is 12.6 Å². The highest BCUT2D eigenvalue weighted by Gasteiger charge is 2.40. The Labute approximate surface area is 147 Å². The van der Waals surface area contributed by atoms with Crippen LogP contribution in [0.1, 0.15) is 12.0 Å². The molecule has 11 heteroatoms. The SMILES string of the molecule is Cc1ccc(S(=O)(=O)NNC(=O)[C@@H]2C[C@@H](S)CN2S(C)(=O)=O)cc1. The number of aryl methyl sites for hydroxylation is 1. The molecule has 1 saturated heterocycles. The largest absolute Gasteiger partial charge is 0.276 e. The molecule has 1 aromatic rings. The lowest BCUT2D eigenvalue weighted by molar-refractivity contribution is -0.124. The topological polar surface area (TPSA) is 113 Å². The number of carbonyl (C=O) groups is 1. The van der Waals surface area contributed by atoms with Crippen LogP contribution in [0.4, 0.5) is 0 Å². The molecule has 2 rings (SSSR count). The van der Waals surface area contributed by atoms with E-state index in [4.69, 9.17) is 0 Å². The maximum Gasteiger partial charge on any atom is 0.257 e. The zero-order valence-corrected chi connectivity index (χ0v) is 15.7. The highest BCUT2D eigenvalue weighted by atomic mass is 32.2. The summed E-state index contributed by atoms with van der Waals surface area (Å²) in [7, 11) is -7.53. The molecule has 0 unspecified atom stereocenters. The quantitative estimate of drug-likeness (QED) is 0.467. The maximum atomic E-state index is 12.2. The Bertz CT molecular complexity index is 821. The number of nitrogens with one attached hydrogen (secondary N) is 2. The second-order valence-corrected chi connectivity index (χ2v) is 9.99. The molecule has 1 heterocycles. The third-order valence-electron chi connectivity index (χ3n) is 3.60. The van der Waals surface area contributed by atoms with Gasteiger partial charge in [0.25, 0.3) is 15.9 Å². The summed E-state index contributed by atoms with van der Waals surface area (Å²) in [6.07, 6.45) is 1.20. The fraction of sp³-hybridized carbons (Fsp3) is 0.462. The summed E-state index contributed by atoms with van der Waals surface area (Å²) in [6.45, 7) is 1.92. The van der Waals surface area contributed by atoms with Crippen molar-refractivity contribution in [2.24, 2.45) is 0 Å². The van der Waals surface area contributed by atoms with Gasteiger partial charge >= 0.3 is 0 Å². The zero-order chi connectivity index (χ0) is 18.1. The van der Waals surface area contributed by atoms with E-state index in [1.54, 1.807) is 12.1 Å². The standard InChI is InChI=1S/C13H19N3O5S3/c1-9-3-5-11(6-4-9)24(20,21)15-14-13(17)12-7-10(22)8-16(12)23(2,18)19/h3-6,10,12,15,22H,7-8H2,1-2H3,(H,14,17)/t10-,12+/m1/s1. The molecule has 0 radical (unpaired) electrons. The van der Waals surface area contributed by atoms with Gasteiger partial charge in [-0.25, -0.2) is 16.8 Å². The van der Waals surface area contributed by atoms with Crippen molar-refractivity contribution in [2.45, 2.75) is 29.5 Å². The van der Waals surface area contributed by atoms with Crippen molar-refractivity contribution in [3.05, 3.63) is 29.8 Å². The molecule has 1 fully saturated rings. The third kappa shape index (κ3) is 4.48. The van der Waals surface area contributed by atoms with Gasteiger partial charge in [0.05, 0.1) is 11.2 Å².